The summed E-state index contributed by atoms with van der Waals surface area (Å²) >= 11 is 0. The van der Waals surface area contributed by atoms with Crippen LogP contribution in [-0.2, 0) is 16.1 Å². The molecule has 0 bridgehead atoms. The number of benzene rings is 2. The van der Waals surface area contributed by atoms with E-state index in [2.05, 4.69) is 29.6 Å². The summed E-state index contributed by atoms with van der Waals surface area (Å²) in [5.74, 6) is -0.484. The molecule has 1 amide bonds. The Hall–Kier alpha value is -2.70. The number of carbonyl (C=O) groups is 2. The van der Waals surface area contributed by atoms with Crippen molar-refractivity contribution >= 4 is 17.6 Å². The van der Waals surface area contributed by atoms with Gasteiger partial charge in [-0.05, 0) is 19.1 Å². The Labute approximate surface area is 166 Å². The van der Waals surface area contributed by atoms with Crippen molar-refractivity contribution < 1.29 is 24.1 Å². The van der Waals surface area contributed by atoms with Gasteiger partial charge in [-0.15, -0.1) is 0 Å². The van der Waals surface area contributed by atoms with Crippen molar-refractivity contribution in [2.75, 3.05) is 44.6 Å². The van der Waals surface area contributed by atoms with Crippen LogP contribution in [0, 0.1) is 0 Å². The van der Waals surface area contributed by atoms with Crippen molar-refractivity contribution in [2.24, 2.45) is 0 Å². The molecule has 1 saturated heterocycles. The summed E-state index contributed by atoms with van der Waals surface area (Å²) in [4.78, 5) is 27.4. The van der Waals surface area contributed by atoms with Crippen LogP contribution in [0.3, 0.4) is 0 Å². The number of quaternary nitrogens is 2. The number of hydrogen-bond acceptors (Lipinski definition) is 3. The lowest BCUT2D eigenvalue weighted by molar-refractivity contribution is -1.02. The fraction of sp³-hybridized carbons (Fsp3) is 0.364. The van der Waals surface area contributed by atoms with Gasteiger partial charge in [-0.3, -0.25) is 4.79 Å². The Kier molecular flexibility index (Phi) is 7.17. The van der Waals surface area contributed by atoms with E-state index in [-0.39, 0.29) is 5.91 Å². The maximum atomic E-state index is 12.5. The second-order valence-corrected chi connectivity index (χ2v) is 7.15. The number of amides is 1. The zero-order valence-corrected chi connectivity index (χ0v) is 16.4. The Balaban J connectivity index is 1.48. The van der Waals surface area contributed by atoms with Crippen LogP contribution in [0.1, 0.15) is 22.8 Å². The van der Waals surface area contributed by atoms with Gasteiger partial charge in [-0.1, -0.05) is 42.5 Å². The molecule has 1 aliphatic heterocycles. The van der Waals surface area contributed by atoms with E-state index in [4.69, 9.17) is 4.74 Å². The molecule has 3 N–H and O–H groups in total. The first kappa shape index (κ1) is 20.0. The molecule has 0 aromatic heterocycles. The van der Waals surface area contributed by atoms with Crippen molar-refractivity contribution in [3.63, 3.8) is 0 Å². The normalized spacial score (nSPS) is 19.0. The van der Waals surface area contributed by atoms with Gasteiger partial charge in [0.1, 0.15) is 32.7 Å². The first-order chi connectivity index (χ1) is 13.7. The minimum Gasteiger partial charge on any atom is -0.462 e. The Morgan fingerprint density at radius 3 is 2.29 bits per heavy atom. The zero-order valence-electron chi connectivity index (χ0n) is 16.4. The predicted molar refractivity (Wildman–Crippen MR) is 107 cm³/mol. The summed E-state index contributed by atoms with van der Waals surface area (Å²) in [6, 6.07) is 17.5. The molecule has 6 nitrogen and oxygen atoms in total. The fourth-order valence-corrected chi connectivity index (χ4v) is 3.60. The maximum Gasteiger partial charge on any atom is 0.340 e. The minimum absolute atomic E-state index is 0.0711. The molecule has 6 heteroatoms. The first-order valence-electron chi connectivity index (χ1n) is 9.92. The Morgan fingerprint density at radius 2 is 1.57 bits per heavy atom. The highest BCUT2D eigenvalue weighted by Crippen LogP contribution is 2.15. The van der Waals surface area contributed by atoms with E-state index in [0.29, 0.717) is 24.4 Å². The monoisotopic (exact) mass is 383 g/mol. The standard InChI is InChI=1S/C22H27N3O3/c1-2-28-22(27)19-10-6-7-11-20(19)23-21(26)17-25-14-12-24(13-15-25)16-18-8-4-3-5-9-18/h3-11H,2,12-17H2,1H3,(H,23,26)/p+2. The molecule has 28 heavy (non-hydrogen) atoms. The largest absolute Gasteiger partial charge is 0.462 e. The second-order valence-electron chi connectivity index (χ2n) is 7.15. The highest BCUT2D eigenvalue weighted by Gasteiger charge is 2.25. The van der Waals surface area contributed by atoms with Gasteiger partial charge >= 0.3 is 5.97 Å². The van der Waals surface area contributed by atoms with Crippen LogP contribution >= 0.6 is 0 Å². The van der Waals surface area contributed by atoms with Crippen LogP contribution < -0.4 is 15.1 Å². The number of nitrogens with one attached hydrogen (secondary N) is 3. The molecule has 2 aromatic rings. The molecule has 0 atom stereocenters. The van der Waals surface area contributed by atoms with Crippen LogP contribution in [0.5, 0.6) is 0 Å². The molecular weight excluding hydrogens is 354 g/mol. The number of esters is 1. The second kappa shape index (κ2) is 10.0. The Morgan fingerprint density at radius 1 is 0.929 bits per heavy atom. The van der Waals surface area contributed by atoms with Gasteiger partial charge in [0.05, 0.1) is 17.9 Å². The maximum absolute atomic E-state index is 12.5. The third-order valence-electron chi connectivity index (χ3n) is 5.07. The van der Waals surface area contributed by atoms with Gasteiger partial charge in [-0.25, -0.2) is 4.79 Å². The summed E-state index contributed by atoms with van der Waals surface area (Å²) < 4.78 is 5.06. The molecule has 0 saturated carbocycles. The number of ether oxygens (including phenoxy) is 1. The summed E-state index contributed by atoms with van der Waals surface area (Å²) in [6.07, 6.45) is 0. The van der Waals surface area contributed by atoms with E-state index in [1.165, 1.54) is 10.5 Å². The van der Waals surface area contributed by atoms with Crippen molar-refractivity contribution in [1.29, 1.82) is 0 Å². The average molecular weight is 383 g/mol. The van der Waals surface area contributed by atoms with Crippen molar-refractivity contribution in [3.05, 3.63) is 65.7 Å². The molecule has 1 heterocycles. The zero-order chi connectivity index (χ0) is 19.8. The van der Waals surface area contributed by atoms with E-state index < -0.39 is 5.97 Å². The van der Waals surface area contributed by atoms with E-state index in [1.54, 1.807) is 36.1 Å². The predicted octanol–water partition coefficient (Wildman–Crippen LogP) is -0.215. The van der Waals surface area contributed by atoms with Crippen LogP contribution in [0.15, 0.2) is 54.6 Å². The third-order valence-corrected chi connectivity index (χ3v) is 5.07. The van der Waals surface area contributed by atoms with Crippen LogP contribution in [0.25, 0.3) is 0 Å². The van der Waals surface area contributed by atoms with Crippen LogP contribution in [0.4, 0.5) is 5.69 Å². The van der Waals surface area contributed by atoms with Gasteiger partial charge in [0, 0.05) is 5.56 Å². The summed E-state index contributed by atoms with van der Waals surface area (Å²) in [5, 5.41) is 2.88. The molecule has 0 aliphatic carbocycles. The Bertz CT molecular complexity index is 787. The molecule has 2 aromatic carbocycles. The first-order valence-corrected chi connectivity index (χ1v) is 9.92. The number of rotatable bonds is 7. The molecule has 1 aliphatic rings. The van der Waals surface area contributed by atoms with Crippen molar-refractivity contribution in [2.45, 2.75) is 13.5 Å². The highest BCUT2D eigenvalue weighted by atomic mass is 16.5. The van der Waals surface area contributed by atoms with Gasteiger partial charge in [-0.2, -0.15) is 0 Å². The molecule has 148 valence electrons. The van der Waals surface area contributed by atoms with E-state index >= 15 is 0 Å². The summed E-state index contributed by atoms with van der Waals surface area (Å²) in [7, 11) is 0. The minimum atomic E-state index is -0.413. The lowest BCUT2D eigenvalue weighted by Crippen LogP contribution is -3.28. The number of carbonyl (C=O) groups excluding carboxylic acids is 2. The van der Waals surface area contributed by atoms with Crippen LogP contribution in [-0.4, -0.2) is 51.2 Å². The van der Waals surface area contributed by atoms with E-state index in [0.717, 1.165) is 32.7 Å². The molecule has 1 fully saturated rings. The van der Waals surface area contributed by atoms with Gasteiger partial charge in [0.2, 0.25) is 0 Å². The van der Waals surface area contributed by atoms with E-state index in [9.17, 15) is 9.59 Å². The average Bonchev–Trinajstić information content (AvgIpc) is 2.71. The lowest BCUT2D eigenvalue weighted by atomic mass is 10.1. The number of piperazine rings is 1. The van der Waals surface area contributed by atoms with Gasteiger partial charge in [0.25, 0.3) is 5.91 Å². The smallest absolute Gasteiger partial charge is 0.340 e. The number of anilines is 1. The molecular formula is C22H29N3O3+2. The SMILES string of the molecule is CCOC(=O)c1ccccc1NC(=O)C[NH+]1CC[NH+](Cc2ccccc2)CC1. The van der Waals surface area contributed by atoms with Crippen molar-refractivity contribution in [1.82, 2.24) is 0 Å². The third kappa shape index (κ3) is 5.65. The molecule has 0 radical (unpaired) electrons. The van der Waals surface area contributed by atoms with E-state index in [1.807, 2.05) is 6.07 Å². The van der Waals surface area contributed by atoms with Crippen molar-refractivity contribution in [3.8, 4) is 0 Å². The quantitative estimate of drug-likeness (QED) is 0.580. The van der Waals surface area contributed by atoms with Crippen LogP contribution in [0.2, 0.25) is 0 Å². The summed E-state index contributed by atoms with van der Waals surface area (Å²) in [6.45, 7) is 7.56. The number of para-hydroxylation sites is 1. The lowest BCUT2D eigenvalue weighted by Gasteiger charge is -2.29. The fourth-order valence-electron chi connectivity index (χ4n) is 3.60. The molecule has 0 spiro atoms. The van der Waals surface area contributed by atoms with Gasteiger partial charge in [0.15, 0.2) is 6.54 Å². The molecule has 3 rings (SSSR count). The highest BCUT2D eigenvalue weighted by molar-refractivity contribution is 6.01. The molecule has 0 unspecified atom stereocenters. The number of hydrogen-bond donors (Lipinski definition) is 3. The summed E-state index contributed by atoms with van der Waals surface area (Å²) in [5.41, 5.74) is 2.26. The topological polar surface area (TPSA) is 64.3 Å². The van der Waals surface area contributed by atoms with Gasteiger partial charge < -0.3 is 19.9 Å².